The van der Waals surface area contributed by atoms with E-state index in [1.165, 1.54) is 0 Å². The third kappa shape index (κ3) is 3.33. The number of nitrogens with one attached hydrogen (secondary N) is 1. The van der Waals surface area contributed by atoms with Crippen LogP contribution in [0.2, 0.25) is 0 Å². The van der Waals surface area contributed by atoms with Gasteiger partial charge in [0, 0.05) is 17.5 Å². The van der Waals surface area contributed by atoms with Crippen LogP contribution >= 0.6 is 0 Å². The summed E-state index contributed by atoms with van der Waals surface area (Å²) in [7, 11) is 0. The van der Waals surface area contributed by atoms with E-state index in [0.717, 1.165) is 28.4 Å². The Kier molecular flexibility index (Phi) is 4.77. The van der Waals surface area contributed by atoms with Gasteiger partial charge in [-0.1, -0.05) is 62.4 Å². The second-order valence-corrected chi connectivity index (χ2v) is 7.37. The van der Waals surface area contributed by atoms with Crippen LogP contribution in [0.5, 0.6) is 0 Å². The molecule has 142 valence electrons. The number of aryl methyl sites for hydroxylation is 1. The van der Waals surface area contributed by atoms with E-state index in [0.29, 0.717) is 12.2 Å². The maximum absolute atomic E-state index is 12.5. The van der Waals surface area contributed by atoms with Gasteiger partial charge in [-0.25, -0.2) is 0 Å². The van der Waals surface area contributed by atoms with Crippen molar-refractivity contribution >= 4 is 11.6 Å². The van der Waals surface area contributed by atoms with Crippen LogP contribution in [0, 0.1) is 12.8 Å². The highest BCUT2D eigenvalue weighted by molar-refractivity contribution is 6.15. The zero-order valence-corrected chi connectivity index (χ0v) is 16.3. The molecule has 1 aromatic heterocycles. The van der Waals surface area contributed by atoms with Crippen molar-refractivity contribution < 1.29 is 4.79 Å². The van der Waals surface area contributed by atoms with Gasteiger partial charge in [-0.15, -0.1) is 10.2 Å². The first-order valence-corrected chi connectivity index (χ1v) is 9.49. The first-order valence-electron chi connectivity index (χ1n) is 9.49. The largest absolute Gasteiger partial charge is 0.328 e. The fourth-order valence-electron chi connectivity index (χ4n) is 3.48. The third-order valence-corrected chi connectivity index (χ3v) is 4.69. The molecule has 0 bridgehead atoms. The second kappa shape index (κ2) is 7.38. The Bertz CT molecular complexity index is 1040. The van der Waals surface area contributed by atoms with Crippen molar-refractivity contribution in [3.63, 3.8) is 0 Å². The van der Waals surface area contributed by atoms with Crippen LogP contribution in [0.3, 0.4) is 0 Å². The summed E-state index contributed by atoms with van der Waals surface area (Å²) in [6, 6.07) is 18.1. The van der Waals surface area contributed by atoms with Crippen molar-refractivity contribution in [2.75, 3.05) is 0 Å². The molecule has 0 saturated heterocycles. The van der Waals surface area contributed by atoms with Gasteiger partial charge in [0.1, 0.15) is 5.82 Å². The number of nitrogens with zero attached hydrogens (tertiary/aromatic N) is 4. The molecule has 1 amide bonds. The number of carbonyl (C=O) groups excluding carboxylic acids is 1. The number of aromatic nitrogens is 3. The Labute approximate surface area is 164 Å². The minimum Gasteiger partial charge on any atom is -0.328 e. The summed E-state index contributed by atoms with van der Waals surface area (Å²) in [5.74, 6) is 1.59. The summed E-state index contributed by atoms with van der Waals surface area (Å²) in [4.78, 5) is 17.5. The molecule has 6 heteroatoms. The third-order valence-electron chi connectivity index (χ3n) is 4.69. The molecule has 0 saturated carbocycles. The van der Waals surface area contributed by atoms with Crippen LogP contribution in [0.4, 0.5) is 0 Å². The van der Waals surface area contributed by atoms with Gasteiger partial charge in [0.05, 0.1) is 11.4 Å². The SMILES string of the molecule is Cc1nnc2n1-c1ccccc1C(c1ccccc1)=NC2NC(=O)CC(C)C. The van der Waals surface area contributed by atoms with Gasteiger partial charge in [-0.3, -0.25) is 14.4 Å². The number of rotatable bonds is 4. The van der Waals surface area contributed by atoms with Crippen molar-refractivity contribution in [3.05, 3.63) is 77.4 Å². The van der Waals surface area contributed by atoms with Gasteiger partial charge >= 0.3 is 0 Å². The van der Waals surface area contributed by atoms with Crippen LogP contribution < -0.4 is 5.32 Å². The monoisotopic (exact) mass is 373 g/mol. The first kappa shape index (κ1) is 18.1. The summed E-state index contributed by atoms with van der Waals surface area (Å²) in [6.45, 7) is 5.95. The minimum atomic E-state index is -0.602. The lowest BCUT2D eigenvalue weighted by Crippen LogP contribution is -2.30. The zero-order valence-electron chi connectivity index (χ0n) is 16.3. The summed E-state index contributed by atoms with van der Waals surface area (Å²) in [5.41, 5.74) is 3.77. The van der Waals surface area contributed by atoms with Crippen molar-refractivity contribution in [1.29, 1.82) is 0 Å². The fourth-order valence-corrected chi connectivity index (χ4v) is 3.48. The quantitative estimate of drug-likeness (QED) is 0.760. The van der Waals surface area contributed by atoms with E-state index in [4.69, 9.17) is 4.99 Å². The normalized spacial score (nSPS) is 15.4. The van der Waals surface area contributed by atoms with Crippen LogP contribution in [0.15, 0.2) is 59.6 Å². The summed E-state index contributed by atoms with van der Waals surface area (Å²) in [5, 5.41) is 11.6. The summed E-state index contributed by atoms with van der Waals surface area (Å²) in [6.07, 6.45) is -0.165. The van der Waals surface area contributed by atoms with E-state index >= 15 is 0 Å². The fraction of sp³-hybridized carbons (Fsp3) is 0.273. The molecule has 0 fully saturated rings. The average Bonchev–Trinajstić information content (AvgIpc) is 3.00. The lowest BCUT2D eigenvalue weighted by Gasteiger charge is -2.15. The Morgan fingerprint density at radius 2 is 1.79 bits per heavy atom. The minimum absolute atomic E-state index is 0.0469. The van der Waals surface area contributed by atoms with Crippen molar-refractivity contribution in [2.24, 2.45) is 10.9 Å². The maximum atomic E-state index is 12.5. The number of hydrogen-bond acceptors (Lipinski definition) is 4. The summed E-state index contributed by atoms with van der Waals surface area (Å²) < 4.78 is 1.98. The van der Waals surface area contributed by atoms with Crippen LogP contribution in [0.1, 0.15) is 49.2 Å². The van der Waals surface area contributed by atoms with Crippen LogP contribution in [-0.2, 0) is 4.79 Å². The molecule has 3 aromatic rings. The number of benzene rings is 2. The molecule has 4 rings (SSSR count). The van der Waals surface area contributed by atoms with Crippen molar-refractivity contribution in [2.45, 2.75) is 33.4 Å². The van der Waals surface area contributed by atoms with E-state index in [1.54, 1.807) is 0 Å². The maximum Gasteiger partial charge on any atom is 0.222 e. The van der Waals surface area contributed by atoms with Gasteiger partial charge in [-0.2, -0.15) is 0 Å². The van der Waals surface area contributed by atoms with Gasteiger partial charge in [-0.05, 0) is 18.9 Å². The number of fused-ring (bicyclic) bond motifs is 3. The molecule has 1 aliphatic heterocycles. The molecule has 1 N–H and O–H groups in total. The number of para-hydroxylation sites is 1. The Morgan fingerprint density at radius 3 is 2.54 bits per heavy atom. The van der Waals surface area contributed by atoms with Gasteiger partial charge < -0.3 is 5.32 Å². The number of hydrogen-bond donors (Lipinski definition) is 1. The average molecular weight is 373 g/mol. The molecule has 2 aromatic carbocycles. The smallest absolute Gasteiger partial charge is 0.222 e. The van der Waals surface area contributed by atoms with Crippen molar-refractivity contribution in [1.82, 2.24) is 20.1 Å². The van der Waals surface area contributed by atoms with Gasteiger partial charge in [0.25, 0.3) is 0 Å². The van der Waals surface area contributed by atoms with E-state index in [-0.39, 0.29) is 11.8 Å². The summed E-state index contributed by atoms with van der Waals surface area (Å²) >= 11 is 0. The first-order chi connectivity index (χ1) is 13.5. The molecule has 1 unspecified atom stereocenters. The number of aliphatic imine (C=N–C) groups is 1. The number of amides is 1. The molecule has 1 aliphatic rings. The molecule has 2 heterocycles. The molecule has 1 atom stereocenters. The molecule has 0 radical (unpaired) electrons. The lowest BCUT2D eigenvalue weighted by molar-refractivity contribution is -0.122. The van der Waals surface area contributed by atoms with Gasteiger partial charge in [0.2, 0.25) is 5.91 Å². The molecule has 0 aliphatic carbocycles. The predicted octanol–water partition coefficient (Wildman–Crippen LogP) is 3.59. The lowest BCUT2D eigenvalue weighted by atomic mass is 10.0. The predicted molar refractivity (Wildman–Crippen MR) is 109 cm³/mol. The van der Waals surface area contributed by atoms with Gasteiger partial charge in [0.15, 0.2) is 12.0 Å². The molecule has 0 spiro atoms. The Morgan fingerprint density at radius 1 is 1.07 bits per heavy atom. The highest BCUT2D eigenvalue weighted by atomic mass is 16.1. The topological polar surface area (TPSA) is 72.2 Å². The Balaban J connectivity index is 1.89. The van der Waals surface area contributed by atoms with E-state index < -0.39 is 6.17 Å². The van der Waals surface area contributed by atoms with E-state index in [9.17, 15) is 4.79 Å². The van der Waals surface area contributed by atoms with Crippen molar-refractivity contribution in [3.8, 4) is 5.69 Å². The molecule has 28 heavy (non-hydrogen) atoms. The highest BCUT2D eigenvalue weighted by Crippen LogP contribution is 2.29. The van der Waals surface area contributed by atoms with Crippen LogP contribution in [-0.4, -0.2) is 26.4 Å². The standard InChI is InChI=1S/C22H23N5O/c1-14(2)13-19(28)23-21-22-26-25-15(3)27(22)18-12-8-7-11-17(18)20(24-21)16-9-5-4-6-10-16/h4-12,14,21H,13H2,1-3H3,(H,23,28). The van der Waals surface area contributed by atoms with Crippen LogP contribution in [0.25, 0.3) is 5.69 Å². The highest BCUT2D eigenvalue weighted by Gasteiger charge is 2.28. The molecular formula is C22H23N5O. The molecular weight excluding hydrogens is 350 g/mol. The molecule has 6 nitrogen and oxygen atoms in total. The van der Waals surface area contributed by atoms with E-state index in [2.05, 4.69) is 15.5 Å². The Hall–Kier alpha value is -3.28. The second-order valence-electron chi connectivity index (χ2n) is 7.37. The zero-order chi connectivity index (χ0) is 19.7. The van der Waals surface area contributed by atoms with E-state index in [1.807, 2.05) is 79.9 Å². The number of carbonyl (C=O) groups is 1.